The van der Waals surface area contributed by atoms with Gasteiger partial charge in [0.2, 0.25) is 0 Å². The molecule has 1 fully saturated rings. The maximum absolute atomic E-state index is 13.5. The number of nitrogens with zero attached hydrogens (tertiary/aromatic N) is 4. The van der Waals surface area contributed by atoms with Gasteiger partial charge in [-0.05, 0) is 62.7 Å². The molecule has 0 atom stereocenters. The van der Waals surface area contributed by atoms with Crippen LogP contribution < -0.4 is 0 Å². The van der Waals surface area contributed by atoms with E-state index in [-0.39, 0.29) is 17.8 Å². The van der Waals surface area contributed by atoms with E-state index in [1.54, 1.807) is 39.6 Å². The van der Waals surface area contributed by atoms with Crippen LogP contribution in [0.15, 0.2) is 48.5 Å². The van der Waals surface area contributed by atoms with E-state index in [0.717, 1.165) is 22.4 Å². The highest BCUT2D eigenvalue weighted by Gasteiger charge is 2.28. The minimum absolute atomic E-state index is 0.167. The molecule has 4 rings (SSSR count). The number of rotatable bonds is 4. The lowest BCUT2D eigenvalue weighted by atomic mass is 10.1. The molecule has 3 aromatic rings. The highest BCUT2D eigenvalue weighted by atomic mass is 19.1. The molecule has 0 radical (unpaired) electrons. The summed E-state index contributed by atoms with van der Waals surface area (Å²) < 4.78 is 20.2. The van der Waals surface area contributed by atoms with Crippen molar-refractivity contribution < 1.29 is 18.7 Å². The van der Waals surface area contributed by atoms with Crippen molar-refractivity contribution in [1.82, 2.24) is 19.6 Å². The fourth-order valence-electron chi connectivity index (χ4n) is 3.99. The Hall–Kier alpha value is -3.68. The number of hydrogen-bond acceptors (Lipinski definition) is 4. The summed E-state index contributed by atoms with van der Waals surface area (Å²) in [4.78, 5) is 28.9. The molecule has 1 aromatic heterocycles. The lowest BCUT2D eigenvalue weighted by Crippen LogP contribution is -2.51. The molecule has 2 aromatic carbocycles. The van der Waals surface area contributed by atoms with E-state index in [0.29, 0.717) is 44.2 Å². The number of halogens is 1. The predicted molar refractivity (Wildman–Crippen MR) is 123 cm³/mol. The Balaban J connectivity index is 1.67. The zero-order chi connectivity index (χ0) is 23.5. The molecule has 0 spiro atoms. The van der Waals surface area contributed by atoms with E-state index in [9.17, 15) is 14.0 Å². The summed E-state index contributed by atoms with van der Waals surface area (Å²) in [6.07, 6.45) is -0.358. The van der Waals surface area contributed by atoms with Gasteiger partial charge in [0, 0.05) is 31.7 Å². The van der Waals surface area contributed by atoms with Crippen LogP contribution in [0.1, 0.15) is 28.5 Å². The molecule has 0 unspecified atom stereocenters. The molecule has 0 N–H and O–H groups in total. The topological polar surface area (TPSA) is 67.7 Å². The molecule has 172 valence electrons. The van der Waals surface area contributed by atoms with E-state index in [2.05, 4.69) is 0 Å². The fraction of sp³-hybridized carbons (Fsp3) is 0.320. The number of ether oxygens (including phenoxy) is 1. The van der Waals surface area contributed by atoms with Gasteiger partial charge in [0.05, 0.1) is 18.0 Å². The molecular formula is C25H27FN4O3. The molecule has 33 heavy (non-hydrogen) atoms. The number of hydrogen-bond donors (Lipinski definition) is 0. The van der Waals surface area contributed by atoms with Gasteiger partial charge < -0.3 is 14.5 Å². The molecule has 8 heteroatoms. The Bertz CT molecular complexity index is 1160. The average molecular weight is 451 g/mol. The van der Waals surface area contributed by atoms with Crippen LogP contribution in [0.3, 0.4) is 0 Å². The van der Waals surface area contributed by atoms with Crippen LogP contribution in [0.4, 0.5) is 9.18 Å². The van der Waals surface area contributed by atoms with Crippen molar-refractivity contribution in [2.24, 2.45) is 0 Å². The van der Waals surface area contributed by atoms with Gasteiger partial charge in [-0.25, -0.2) is 13.9 Å². The standard InChI is InChI=1S/C25H27FN4O3/c1-4-33-25(32)29-13-11-28(12-14-29)24(31)23-16-21(19-6-8-20(26)9-7-19)27-30(23)22-10-5-17(2)15-18(22)3/h5-10,15-16H,4,11-14H2,1-3H3. The summed E-state index contributed by atoms with van der Waals surface area (Å²) in [6.45, 7) is 7.71. The zero-order valence-corrected chi connectivity index (χ0v) is 19.0. The summed E-state index contributed by atoms with van der Waals surface area (Å²) in [6, 6.07) is 13.8. The smallest absolute Gasteiger partial charge is 0.409 e. The average Bonchev–Trinajstić information content (AvgIpc) is 3.24. The first kappa shape index (κ1) is 22.5. The Morgan fingerprint density at radius 3 is 2.27 bits per heavy atom. The van der Waals surface area contributed by atoms with Crippen LogP contribution in [0.25, 0.3) is 16.9 Å². The summed E-state index contributed by atoms with van der Waals surface area (Å²) in [7, 11) is 0. The van der Waals surface area contributed by atoms with E-state index in [1.165, 1.54) is 12.1 Å². The molecule has 0 saturated carbocycles. The molecule has 0 aliphatic carbocycles. The minimum Gasteiger partial charge on any atom is -0.450 e. The van der Waals surface area contributed by atoms with Crippen LogP contribution in [0.5, 0.6) is 0 Å². The van der Waals surface area contributed by atoms with Gasteiger partial charge in [-0.2, -0.15) is 5.10 Å². The van der Waals surface area contributed by atoms with Crippen molar-refractivity contribution in [3.05, 3.63) is 71.2 Å². The van der Waals surface area contributed by atoms with Gasteiger partial charge >= 0.3 is 6.09 Å². The van der Waals surface area contributed by atoms with Gasteiger partial charge in [-0.3, -0.25) is 4.79 Å². The summed E-state index contributed by atoms with van der Waals surface area (Å²) in [5.74, 6) is -0.498. The number of benzene rings is 2. The molecule has 1 aliphatic heterocycles. The number of piperazine rings is 1. The molecule has 7 nitrogen and oxygen atoms in total. The second-order valence-electron chi connectivity index (χ2n) is 8.10. The van der Waals surface area contributed by atoms with Crippen molar-refractivity contribution in [3.8, 4) is 16.9 Å². The third-order valence-corrected chi connectivity index (χ3v) is 5.74. The minimum atomic E-state index is -0.358. The number of aryl methyl sites for hydroxylation is 2. The fourth-order valence-corrected chi connectivity index (χ4v) is 3.99. The Kier molecular flexibility index (Phi) is 6.44. The van der Waals surface area contributed by atoms with E-state index in [4.69, 9.17) is 9.84 Å². The van der Waals surface area contributed by atoms with Crippen LogP contribution in [-0.2, 0) is 4.74 Å². The number of carbonyl (C=O) groups is 2. The highest BCUT2D eigenvalue weighted by Crippen LogP contribution is 2.25. The number of carbonyl (C=O) groups excluding carboxylic acids is 2. The molecule has 2 amide bonds. The van der Waals surface area contributed by atoms with Gasteiger partial charge in [-0.1, -0.05) is 17.7 Å². The Labute approximate surface area is 192 Å². The van der Waals surface area contributed by atoms with Crippen LogP contribution >= 0.6 is 0 Å². The molecule has 2 heterocycles. The SMILES string of the molecule is CCOC(=O)N1CCN(C(=O)c2cc(-c3ccc(F)cc3)nn2-c2ccc(C)cc2C)CC1. The van der Waals surface area contributed by atoms with Crippen LogP contribution in [-0.4, -0.2) is 64.4 Å². The van der Waals surface area contributed by atoms with Crippen molar-refractivity contribution in [3.63, 3.8) is 0 Å². The van der Waals surface area contributed by atoms with Gasteiger partial charge in [0.25, 0.3) is 5.91 Å². The van der Waals surface area contributed by atoms with Crippen LogP contribution in [0.2, 0.25) is 0 Å². The summed E-state index contributed by atoms with van der Waals surface area (Å²) >= 11 is 0. The predicted octanol–water partition coefficient (Wildman–Crippen LogP) is 4.21. The van der Waals surface area contributed by atoms with Crippen molar-refractivity contribution in [1.29, 1.82) is 0 Å². The first-order valence-electron chi connectivity index (χ1n) is 11.0. The van der Waals surface area contributed by atoms with Crippen LogP contribution in [0, 0.1) is 19.7 Å². The van der Waals surface area contributed by atoms with E-state index >= 15 is 0 Å². The second-order valence-corrected chi connectivity index (χ2v) is 8.10. The first-order chi connectivity index (χ1) is 15.9. The molecule has 0 bridgehead atoms. The third kappa shape index (κ3) is 4.74. The lowest BCUT2D eigenvalue weighted by molar-refractivity contribution is 0.0563. The third-order valence-electron chi connectivity index (χ3n) is 5.74. The Morgan fingerprint density at radius 2 is 1.64 bits per heavy atom. The largest absolute Gasteiger partial charge is 0.450 e. The lowest BCUT2D eigenvalue weighted by Gasteiger charge is -2.34. The van der Waals surface area contributed by atoms with Crippen molar-refractivity contribution in [2.45, 2.75) is 20.8 Å². The number of aromatic nitrogens is 2. The van der Waals surface area contributed by atoms with Crippen molar-refractivity contribution in [2.75, 3.05) is 32.8 Å². The number of amides is 2. The zero-order valence-electron chi connectivity index (χ0n) is 19.0. The Morgan fingerprint density at radius 1 is 0.970 bits per heavy atom. The summed E-state index contributed by atoms with van der Waals surface area (Å²) in [5, 5.41) is 4.72. The molecule has 1 aliphatic rings. The maximum Gasteiger partial charge on any atom is 0.409 e. The molecule has 1 saturated heterocycles. The monoisotopic (exact) mass is 450 g/mol. The second kappa shape index (κ2) is 9.44. The maximum atomic E-state index is 13.5. The molecular weight excluding hydrogens is 423 g/mol. The summed E-state index contributed by atoms with van der Waals surface area (Å²) in [5.41, 5.74) is 4.65. The highest BCUT2D eigenvalue weighted by molar-refractivity contribution is 5.94. The van der Waals surface area contributed by atoms with Gasteiger partial charge in [-0.15, -0.1) is 0 Å². The van der Waals surface area contributed by atoms with Gasteiger partial charge in [0.15, 0.2) is 0 Å². The quantitative estimate of drug-likeness (QED) is 0.597. The first-order valence-corrected chi connectivity index (χ1v) is 11.0. The van der Waals surface area contributed by atoms with E-state index in [1.807, 2.05) is 32.0 Å². The van der Waals surface area contributed by atoms with Gasteiger partial charge in [0.1, 0.15) is 11.5 Å². The van der Waals surface area contributed by atoms with E-state index < -0.39 is 0 Å². The van der Waals surface area contributed by atoms with Crippen molar-refractivity contribution >= 4 is 12.0 Å². The normalized spacial score (nSPS) is 13.8.